The number of nitro groups is 1. The van der Waals surface area contributed by atoms with E-state index in [4.69, 9.17) is 4.74 Å². The minimum Gasteiger partial charge on any atom is -0.497 e. The molecule has 0 unspecified atom stereocenters. The first-order valence-electron chi connectivity index (χ1n) is 6.12. The lowest BCUT2D eigenvalue weighted by Crippen LogP contribution is -2.17. The standard InChI is InChI=1S/C14H13IN2O4/c1-8-12(15)11(16-14(18)13(8)17(19)20)7-9-3-5-10(21-2)6-4-9/h3-6H,7H2,1-2H3,(H,16,18). The van der Waals surface area contributed by atoms with E-state index in [0.717, 1.165) is 11.3 Å². The zero-order valence-corrected chi connectivity index (χ0v) is 13.6. The third-order valence-electron chi connectivity index (χ3n) is 3.15. The van der Waals surface area contributed by atoms with Gasteiger partial charge in [-0.15, -0.1) is 0 Å². The highest BCUT2D eigenvalue weighted by atomic mass is 127. The van der Waals surface area contributed by atoms with Gasteiger partial charge in [0.15, 0.2) is 0 Å². The molecule has 0 bridgehead atoms. The summed E-state index contributed by atoms with van der Waals surface area (Å²) in [6.07, 6.45) is 0.496. The maximum absolute atomic E-state index is 11.8. The Morgan fingerprint density at radius 3 is 2.48 bits per heavy atom. The molecule has 0 amide bonds. The summed E-state index contributed by atoms with van der Waals surface area (Å²) in [5.41, 5.74) is 0.999. The van der Waals surface area contributed by atoms with Crippen LogP contribution in [0.15, 0.2) is 29.1 Å². The summed E-state index contributed by atoms with van der Waals surface area (Å²) in [5.74, 6) is 0.752. The molecule has 1 N–H and O–H groups in total. The number of aromatic nitrogens is 1. The fourth-order valence-corrected chi connectivity index (χ4v) is 2.62. The molecule has 1 aromatic carbocycles. The number of hydrogen-bond donors (Lipinski definition) is 1. The number of nitrogens with zero attached hydrogens (tertiary/aromatic N) is 1. The van der Waals surface area contributed by atoms with Crippen LogP contribution in [-0.2, 0) is 6.42 Å². The van der Waals surface area contributed by atoms with Crippen molar-refractivity contribution < 1.29 is 9.66 Å². The number of nitrogens with one attached hydrogen (secondary N) is 1. The van der Waals surface area contributed by atoms with Gasteiger partial charge in [0.25, 0.3) is 0 Å². The van der Waals surface area contributed by atoms with Gasteiger partial charge in [0.05, 0.1) is 12.0 Å². The highest BCUT2D eigenvalue weighted by Crippen LogP contribution is 2.23. The van der Waals surface area contributed by atoms with E-state index in [-0.39, 0.29) is 0 Å². The summed E-state index contributed by atoms with van der Waals surface area (Å²) in [6.45, 7) is 1.59. The van der Waals surface area contributed by atoms with Gasteiger partial charge in [-0.05, 0) is 47.2 Å². The molecule has 6 nitrogen and oxygen atoms in total. The Labute approximate surface area is 134 Å². The Morgan fingerprint density at radius 1 is 1.33 bits per heavy atom. The molecular weight excluding hydrogens is 387 g/mol. The largest absolute Gasteiger partial charge is 0.497 e. The molecule has 0 saturated heterocycles. The molecule has 1 heterocycles. The van der Waals surface area contributed by atoms with Crippen LogP contribution in [0.5, 0.6) is 5.75 Å². The van der Waals surface area contributed by atoms with Crippen LogP contribution in [0.1, 0.15) is 16.8 Å². The Morgan fingerprint density at radius 2 is 1.95 bits per heavy atom. The van der Waals surface area contributed by atoms with Crippen molar-refractivity contribution >= 4 is 28.3 Å². The quantitative estimate of drug-likeness (QED) is 0.486. The van der Waals surface area contributed by atoms with Gasteiger partial charge in [-0.2, -0.15) is 0 Å². The number of aromatic amines is 1. The first-order chi connectivity index (χ1) is 9.93. The highest BCUT2D eigenvalue weighted by Gasteiger charge is 2.21. The number of H-pyrrole nitrogens is 1. The summed E-state index contributed by atoms with van der Waals surface area (Å²) in [7, 11) is 1.59. The SMILES string of the molecule is COc1ccc(Cc2[nH]c(=O)c([N+](=O)[O-])c(C)c2I)cc1. The Hall–Kier alpha value is -1.90. The number of ether oxygens (including phenoxy) is 1. The van der Waals surface area contributed by atoms with Gasteiger partial charge in [0.1, 0.15) is 5.75 Å². The fraction of sp³-hybridized carbons (Fsp3) is 0.214. The predicted molar refractivity (Wildman–Crippen MR) is 87.0 cm³/mol. The van der Waals surface area contributed by atoms with E-state index < -0.39 is 16.2 Å². The van der Waals surface area contributed by atoms with Crippen LogP contribution in [0.3, 0.4) is 0 Å². The number of halogens is 1. The lowest BCUT2D eigenvalue weighted by Gasteiger charge is -2.08. The smallest absolute Gasteiger partial charge is 0.337 e. The third-order valence-corrected chi connectivity index (χ3v) is 4.61. The molecule has 0 radical (unpaired) electrons. The molecule has 0 saturated carbocycles. The Kier molecular flexibility index (Phi) is 4.61. The molecule has 7 heteroatoms. The minimum absolute atomic E-state index is 0.391. The molecule has 0 aliphatic heterocycles. The van der Waals surface area contributed by atoms with Gasteiger partial charge in [0, 0.05) is 21.2 Å². The van der Waals surface area contributed by atoms with Crippen molar-refractivity contribution in [2.45, 2.75) is 13.3 Å². The van der Waals surface area contributed by atoms with E-state index in [2.05, 4.69) is 4.98 Å². The van der Waals surface area contributed by atoms with Crippen molar-refractivity contribution in [1.82, 2.24) is 4.98 Å². The normalized spacial score (nSPS) is 10.4. The van der Waals surface area contributed by atoms with Crippen LogP contribution in [0.2, 0.25) is 0 Å². The van der Waals surface area contributed by atoms with Crippen molar-refractivity contribution in [2.24, 2.45) is 0 Å². The average Bonchev–Trinajstić information content (AvgIpc) is 2.45. The second kappa shape index (κ2) is 6.25. The molecule has 110 valence electrons. The Balaban J connectivity index is 2.41. The number of benzene rings is 1. The zero-order valence-electron chi connectivity index (χ0n) is 11.5. The molecule has 2 aromatic rings. The van der Waals surface area contributed by atoms with Crippen LogP contribution in [0.4, 0.5) is 5.69 Å². The van der Waals surface area contributed by atoms with Gasteiger partial charge < -0.3 is 9.72 Å². The first-order valence-corrected chi connectivity index (χ1v) is 7.20. The van der Waals surface area contributed by atoms with E-state index in [0.29, 0.717) is 21.2 Å². The minimum atomic E-state index is -0.665. The summed E-state index contributed by atoms with van der Waals surface area (Å²) in [6, 6.07) is 7.45. The van der Waals surface area contributed by atoms with E-state index in [1.807, 2.05) is 46.9 Å². The fourth-order valence-electron chi connectivity index (χ4n) is 2.04. The van der Waals surface area contributed by atoms with Gasteiger partial charge in [-0.3, -0.25) is 14.9 Å². The Bertz CT molecular complexity index is 738. The maximum Gasteiger partial charge on any atom is 0.337 e. The summed E-state index contributed by atoms with van der Waals surface area (Å²) >= 11 is 2.02. The lowest BCUT2D eigenvalue weighted by atomic mass is 10.1. The van der Waals surface area contributed by atoms with Crippen molar-refractivity contribution in [3.05, 3.63) is 65.1 Å². The van der Waals surface area contributed by atoms with E-state index in [1.165, 1.54) is 0 Å². The molecule has 0 fully saturated rings. The second-order valence-electron chi connectivity index (χ2n) is 4.50. The summed E-state index contributed by atoms with van der Waals surface area (Å²) in [4.78, 5) is 24.7. The molecular formula is C14H13IN2O4. The lowest BCUT2D eigenvalue weighted by molar-refractivity contribution is -0.387. The van der Waals surface area contributed by atoms with E-state index in [1.54, 1.807) is 14.0 Å². The van der Waals surface area contributed by atoms with Crippen molar-refractivity contribution in [2.75, 3.05) is 7.11 Å². The molecule has 21 heavy (non-hydrogen) atoms. The molecule has 1 aromatic heterocycles. The topological polar surface area (TPSA) is 85.2 Å². The third kappa shape index (κ3) is 3.23. The molecule has 2 rings (SSSR count). The zero-order chi connectivity index (χ0) is 15.6. The number of rotatable bonds is 4. The van der Waals surface area contributed by atoms with Gasteiger partial charge in [-0.25, -0.2) is 0 Å². The number of hydrogen-bond acceptors (Lipinski definition) is 4. The molecule has 0 atom stereocenters. The monoisotopic (exact) mass is 400 g/mol. The highest BCUT2D eigenvalue weighted by molar-refractivity contribution is 14.1. The predicted octanol–water partition coefficient (Wildman–Crippen LogP) is 2.80. The number of methoxy groups -OCH3 is 1. The van der Waals surface area contributed by atoms with Crippen LogP contribution in [0, 0.1) is 20.6 Å². The average molecular weight is 400 g/mol. The van der Waals surface area contributed by atoms with Crippen molar-refractivity contribution in [3.63, 3.8) is 0 Å². The van der Waals surface area contributed by atoms with Crippen LogP contribution in [-0.4, -0.2) is 17.0 Å². The van der Waals surface area contributed by atoms with Crippen LogP contribution < -0.4 is 10.3 Å². The van der Waals surface area contributed by atoms with E-state index in [9.17, 15) is 14.9 Å². The van der Waals surface area contributed by atoms with Gasteiger partial charge in [-0.1, -0.05) is 12.1 Å². The van der Waals surface area contributed by atoms with Crippen LogP contribution >= 0.6 is 22.6 Å². The first kappa shape index (κ1) is 15.5. The van der Waals surface area contributed by atoms with E-state index >= 15 is 0 Å². The number of pyridine rings is 1. The second-order valence-corrected chi connectivity index (χ2v) is 5.58. The van der Waals surface area contributed by atoms with Crippen molar-refractivity contribution in [1.29, 1.82) is 0 Å². The summed E-state index contributed by atoms with van der Waals surface area (Å²) < 4.78 is 5.79. The van der Waals surface area contributed by atoms with Crippen LogP contribution in [0.25, 0.3) is 0 Å². The molecule has 0 aliphatic carbocycles. The maximum atomic E-state index is 11.8. The van der Waals surface area contributed by atoms with Gasteiger partial charge >= 0.3 is 11.2 Å². The molecule has 0 aliphatic rings. The summed E-state index contributed by atoms with van der Waals surface area (Å²) in [5, 5.41) is 10.9. The van der Waals surface area contributed by atoms with Gasteiger partial charge in [0.2, 0.25) is 0 Å². The van der Waals surface area contributed by atoms with Crippen molar-refractivity contribution in [3.8, 4) is 5.75 Å². The molecule has 0 spiro atoms.